The van der Waals surface area contributed by atoms with Crippen LogP contribution in [0.4, 0.5) is 17.6 Å². The van der Waals surface area contributed by atoms with Gasteiger partial charge in [-0.25, -0.2) is 4.39 Å². The summed E-state index contributed by atoms with van der Waals surface area (Å²) in [4.78, 5) is 2.03. The fourth-order valence-electron chi connectivity index (χ4n) is 2.44. The predicted octanol–water partition coefficient (Wildman–Crippen LogP) is 3.19. The molecule has 0 amide bonds. The summed E-state index contributed by atoms with van der Waals surface area (Å²) in [5, 5.41) is 9.53. The number of benzene rings is 1. The van der Waals surface area contributed by atoms with Crippen molar-refractivity contribution in [2.45, 2.75) is 38.1 Å². The zero-order valence-electron chi connectivity index (χ0n) is 11.0. The van der Waals surface area contributed by atoms with Gasteiger partial charge in [0.15, 0.2) is 0 Å². The van der Waals surface area contributed by atoms with E-state index >= 15 is 0 Å². The predicted molar refractivity (Wildman–Crippen MR) is 66.5 cm³/mol. The lowest BCUT2D eigenvalue weighted by Gasteiger charge is -2.20. The van der Waals surface area contributed by atoms with Gasteiger partial charge >= 0.3 is 6.18 Å². The molecule has 1 fully saturated rings. The van der Waals surface area contributed by atoms with Crippen LogP contribution < -0.4 is 0 Å². The number of hydrogen-bond donors (Lipinski definition) is 1. The van der Waals surface area contributed by atoms with Crippen molar-refractivity contribution < 1.29 is 22.7 Å². The number of aliphatic hydroxyl groups is 1. The van der Waals surface area contributed by atoms with E-state index < -0.39 is 17.6 Å². The standard InChI is InChI=1S/C14H17F4NO/c15-13-8-10(3-4-12(13)14(16,17)18)9-19-6-1-2-11(20)5-7-19/h3-4,8,11,20H,1-2,5-7,9H2/t11-/m0/s1. The minimum Gasteiger partial charge on any atom is -0.393 e. The van der Waals surface area contributed by atoms with Gasteiger partial charge in [-0.15, -0.1) is 0 Å². The first kappa shape index (κ1) is 15.3. The summed E-state index contributed by atoms with van der Waals surface area (Å²) < 4.78 is 50.8. The Morgan fingerprint density at radius 1 is 1.20 bits per heavy atom. The highest BCUT2D eigenvalue weighted by Gasteiger charge is 2.33. The molecule has 1 aliphatic heterocycles. The van der Waals surface area contributed by atoms with Crippen LogP contribution in [0.15, 0.2) is 18.2 Å². The summed E-state index contributed by atoms with van der Waals surface area (Å²) in [6.45, 7) is 1.84. The van der Waals surface area contributed by atoms with Crippen LogP contribution in [0.2, 0.25) is 0 Å². The van der Waals surface area contributed by atoms with Crippen molar-refractivity contribution in [3.05, 3.63) is 35.1 Å². The smallest absolute Gasteiger partial charge is 0.393 e. The maximum atomic E-state index is 13.5. The van der Waals surface area contributed by atoms with E-state index in [1.54, 1.807) is 0 Å². The Balaban J connectivity index is 2.05. The molecule has 0 aromatic heterocycles. The lowest BCUT2D eigenvalue weighted by molar-refractivity contribution is -0.140. The van der Waals surface area contributed by atoms with Crippen LogP contribution >= 0.6 is 0 Å². The van der Waals surface area contributed by atoms with Crippen molar-refractivity contribution in [3.8, 4) is 0 Å². The maximum absolute atomic E-state index is 13.5. The van der Waals surface area contributed by atoms with Crippen molar-refractivity contribution in [2.75, 3.05) is 13.1 Å². The first-order valence-corrected chi connectivity index (χ1v) is 6.62. The normalized spacial score (nSPS) is 21.8. The molecule has 0 spiro atoms. The Hall–Kier alpha value is -1.14. The van der Waals surface area contributed by atoms with Gasteiger partial charge in [0, 0.05) is 13.1 Å². The maximum Gasteiger partial charge on any atom is 0.419 e. The Morgan fingerprint density at radius 2 is 1.95 bits per heavy atom. The first-order chi connectivity index (χ1) is 9.36. The van der Waals surface area contributed by atoms with E-state index in [1.807, 2.05) is 4.90 Å². The van der Waals surface area contributed by atoms with Crippen LogP contribution in [0.3, 0.4) is 0 Å². The summed E-state index contributed by atoms with van der Waals surface area (Å²) in [5.74, 6) is -1.23. The van der Waals surface area contributed by atoms with E-state index in [-0.39, 0.29) is 6.10 Å². The SMILES string of the molecule is O[C@H]1CCCN(Cc2ccc(C(F)(F)F)c(F)c2)CC1. The monoisotopic (exact) mass is 291 g/mol. The molecule has 1 heterocycles. The van der Waals surface area contributed by atoms with Crippen molar-refractivity contribution in [2.24, 2.45) is 0 Å². The number of nitrogens with zero attached hydrogens (tertiary/aromatic N) is 1. The van der Waals surface area contributed by atoms with E-state index in [0.717, 1.165) is 31.5 Å². The summed E-state index contributed by atoms with van der Waals surface area (Å²) in [5.41, 5.74) is -0.709. The van der Waals surface area contributed by atoms with Crippen LogP contribution in [-0.4, -0.2) is 29.2 Å². The third-order valence-corrected chi connectivity index (χ3v) is 3.54. The van der Waals surface area contributed by atoms with Gasteiger partial charge in [0.05, 0.1) is 11.7 Å². The fraction of sp³-hybridized carbons (Fsp3) is 0.571. The molecule has 1 aromatic carbocycles. The van der Waals surface area contributed by atoms with E-state index in [2.05, 4.69) is 0 Å². The van der Waals surface area contributed by atoms with E-state index in [4.69, 9.17) is 0 Å². The number of likely N-dealkylation sites (tertiary alicyclic amines) is 1. The number of rotatable bonds is 2. The molecule has 0 radical (unpaired) electrons. The van der Waals surface area contributed by atoms with Gasteiger partial charge in [0.1, 0.15) is 5.82 Å². The highest BCUT2D eigenvalue weighted by molar-refractivity contribution is 5.26. The lowest BCUT2D eigenvalue weighted by Crippen LogP contribution is -2.24. The second kappa shape index (κ2) is 6.10. The zero-order valence-corrected chi connectivity index (χ0v) is 11.0. The Labute approximate surface area is 115 Å². The third-order valence-electron chi connectivity index (χ3n) is 3.54. The molecule has 0 bridgehead atoms. The van der Waals surface area contributed by atoms with Crippen LogP contribution in [-0.2, 0) is 12.7 Å². The second-order valence-corrected chi connectivity index (χ2v) is 5.17. The van der Waals surface area contributed by atoms with Gasteiger partial charge in [0.2, 0.25) is 0 Å². The molecular weight excluding hydrogens is 274 g/mol. The summed E-state index contributed by atoms with van der Waals surface area (Å²) >= 11 is 0. The Morgan fingerprint density at radius 3 is 2.60 bits per heavy atom. The van der Waals surface area contributed by atoms with Crippen LogP contribution in [0.25, 0.3) is 0 Å². The fourth-order valence-corrected chi connectivity index (χ4v) is 2.44. The number of halogens is 4. The molecule has 2 nitrogen and oxygen atoms in total. The topological polar surface area (TPSA) is 23.5 Å². The number of alkyl halides is 3. The molecule has 1 N–H and O–H groups in total. The van der Waals surface area contributed by atoms with Crippen molar-refractivity contribution in [1.29, 1.82) is 0 Å². The highest BCUT2D eigenvalue weighted by atomic mass is 19.4. The average molecular weight is 291 g/mol. The van der Waals surface area contributed by atoms with Crippen molar-refractivity contribution >= 4 is 0 Å². The van der Waals surface area contributed by atoms with E-state index in [1.165, 1.54) is 6.07 Å². The Bertz CT molecular complexity index is 461. The van der Waals surface area contributed by atoms with Crippen LogP contribution in [0.5, 0.6) is 0 Å². The van der Waals surface area contributed by atoms with Crippen molar-refractivity contribution in [1.82, 2.24) is 4.90 Å². The summed E-state index contributed by atoms with van der Waals surface area (Å²) in [6, 6.07) is 3.05. The van der Waals surface area contributed by atoms with E-state index in [0.29, 0.717) is 25.1 Å². The Kier molecular flexibility index (Phi) is 4.65. The van der Waals surface area contributed by atoms with Gasteiger partial charge in [-0.2, -0.15) is 13.2 Å². The van der Waals surface area contributed by atoms with Crippen LogP contribution in [0.1, 0.15) is 30.4 Å². The minimum absolute atomic E-state index is 0.315. The van der Waals surface area contributed by atoms with E-state index in [9.17, 15) is 22.7 Å². The molecule has 1 saturated heterocycles. The molecule has 6 heteroatoms. The summed E-state index contributed by atoms with van der Waals surface area (Å²) in [6.07, 6.45) is -2.76. The molecule has 0 aliphatic carbocycles. The highest BCUT2D eigenvalue weighted by Crippen LogP contribution is 2.31. The molecule has 112 valence electrons. The van der Waals surface area contributed by atoms with Gasteiger partial charge in [-0.1, -0.05) is 6.07 Å². The van der Waals surface area contributed by atoms with Gasteiger partial charge < -0.3 is 5.11 Å². The number of hydrogen-bond acceptors (Lipinski definition) is 2. The van der Waals surface area contributed by atoms with Gasteiger partial charge in [-0.3, -0.25) is 4.90 Å². The number of aliphatic hydroxyl groups excluding tert-OH is 1. The molecule has 0 unspecified atom stereocenters. The zero-order chi connectivity index (χ0) is 14.8. The van der Waals surface area contributed by atoms with Crippen LogP contribution in [0, 0.1) is 5.82 Å². The van der Waals surface area contributed by atoms with Gasteiger partial charge in [-0.05, 0) is 43.5 Å². The largest absolute Gasteiger partial charge is 0.419 e. The molecule has 0 saturated carbocycles. The minimum atomic E-state index is -4.66. The average Bonchev–Trinajstić information content (AvgIpc) is 2.53. The molecule has 1 aliphatic rings. The molecule has 20 heavy (non-hydrogen) atoms. The van der Waals surface area contributed by atoms with Crippen molar-refractivity contribution in [3.63, 3.8) is 0 Å². The lowest BCUT2D eigenvalue weighted by atomic mass is 10.1. The molecule has 1 atom stereocenters. The molecule has 1 aromatic rings. The summed E-state index contributed by atoms with van der Waals surface area (Å²) in [7, 11) is 0. The third kappa shape index (κ3) is 3.93. The first-order valence-electron chi connectivity index (χ1n) is 6.62. The quantitative estimate of drug-likeness (QED) is 0.846. The van der Waals surface area contributed by atoms with Gasteiger partial charge in [0.25, 0.3) is 0 Å². The molecule has 2 rings (SSSR count). The second-order valence-electron chi connectivity index (χ2n) is 5.17. The molecular formula is C14H17F4NO.